The Hall–Kier alpha value is 1.19. The molecule has 0 aromatic carbocycles. The number of halogens is 2. The fourth-order valence-electron chi connectivity index (χ4n) is 2.70. The second kappa shape index (κ2) is 12.9. The predicted molar refractivity (Wildman–Crippen MR) is 83.8 cm³/mol. The minimum atomic E-state index is -0.472. The molecule has 4 atom stereocenters. The monoisotopic (exact) mass is 489 g/mol. The molecule has 0 aliphatic carbocycles. The summed E-state index contributed by atoms with van der Waals surface area (Å²) in [5.74, 6) is 3.38. The summed E-state index contributed by atoms with van der Waals surface area (Å²) in [5.41, 5.74) is 0. The zero-order valence-electron chi connectivity index (χ0n) is 12.5. The normalized spacial score (nSPS) is 34.6. The maximum absolute atomic E-state index is 4.88. The number of hydrogen-bond donors (Lipinski definition) is 0. The van der Waals surface area contributed by atoms with Crippen molar-refractivity contribution in [3.8, 4) is 0 Å². The summed E-state index contributed by atoms with van der Waals surface area (Å²) >= 11 is -0.472. The summed E-state index contributed by atoms with van der Waals surface area (Å²) in [6, 6.07) is 0. The van der Waals surface area contributed by atoms with Gasteiger partial charge in [-0.25, -0.2) is 0 Å². The molecule has 0 amide bonds. The molecular formula is C14H28Cl2N2Pt. The van der Waals surface area contributed by atoms with Gasteiger partial charge in [-0.1, -0.05) is 64.2 Å². The number of rotatable bonds is 0. The third-order valence-electron chi connectivity index (χ3n) is 3.37. The molecule has 0 N–H and O–H groups in total. The third-order valence-corrected chi connectivity index (χ3v) is 3.37. The van der Waals surface area contributed by atoms with E-state index in [2.05, 4.69) is 38.3 Å². The summed E-state index contributed by atoms with van der Waals surface area (Å²) in [7, 11) is 9.75. The Morgan fingerprint density at radius 1 is 0.684 bits per heavy atom. The Balaban J connectivity index is 0.000000284. The van der Waals surface area contributed by atoms with Crippen LogP contribution in [0.1, 0.15) is 40.5 Å². The average molecular weight is 490 g/mol. The van der Waals surface area contributed by atoms with Gasteiger partial charge < -0.3 is 10.6 Å². The molecule has 2 rings (SSSR count). The fraction of sp³-hybridized carbons (Fsp3) is 1.00. The molecule has 4 unspecified atom stereocenters. The molecule has 0 aromatic rings. The Morgan fingerprint density at radius 2 is 0.895 bits per heavy atom. The second-order valence-corrected chi connectivity index (χ2v) is 9.40. The Morgan fingerprint density at radius 3 is 1.00 bits per heavy atom. The van der Waals surface area contributed by atoms with Gasteiger partial charge in [0.15, 0.2) is 0 Å². The summed E-state index contributed by atoms with van der Waals surface area (Å²) in [5, 5.41) is 8.68. The van der Waals surface area contributed by atoms with E-state index in [9.17, 15) is 0 Å². The van der Waals surface area contributed by atoms with Gasteiger partial charge in [0, 0.05) is 0 Å². The first-order valence-electron chi connectivity index (χ1n) is 7.08. The number of hydrogen-bond acceptors (Lipinski definition) is 0. The van der Waals surface area contributed by atoms with Crippen molar-refractivity contribution in [1.82, 2.24) is 0 Å². The summed E-state index contributed by atoms with van der Waals surface area (Å²) in [6.45, 7) is 13.5. The molecule has 2 nitrogen and oxygen atoms in total. The van der Waals surface area contributed by atoms with Crippen molar-refractivity contribution in [2.45, 2.75) is 40.5 Å². The van der Waals surface area contributed by atoms with Gasteiger partial charge >= 0.3 is 35.3 Å². The number of piperidine rings is 2. The summed E-state index contributed by atoms with van der Waals surface area (Å²) in [4.78, 5) is 0. The van der Waals surface area contributed by atoms with Crippen molar-refractivity contribution in [2.24, 2.45) is 23.7 Å². The van der Waals surface area contributed by atoms with E-state index < -0.39 is 16.5 Å². The molecule has 0 radical (unpaired) electrons. The summed E-state index contributed by atoms with van der Waals surface area (Å²) < 4.78 is 0. The van der Waals surface area contributed by atoms with Crippen molar-refractivity contribution in [3.05, 3.63) is 10.6 Å². The van der Waals surface area contributed by atoms with E-state index >= 15 is 0 Å². The van der Waals surface area contributed by atoms with Gasteiger partial charge in [0.05, 0.1) is 0 Å². The van der Waals surface area contributed by atoms with Gasteiger partial charge in [-0.2, -0.15) is 0 Å². The molecule has 0 aromatic heterocycles. The van der Waals surface area contributed by atoms with Gasteiger partial charge in [0.2, 0.25) is 0 Å². The molecule has 2 heterocycles. The van der Waals surface area contributed by atoms with Gasteiger partial charge in [0.1, 0.15) is 0 Å². The molecule has 2 saturated heterocycles. The van der Waals surface area contributed by atoms with E-state index in [1.165, 1.54) is 12.8 Å². The van der Waals surface area contributed by atoms with Gasteiger partial charge in [0.25, 0.3) is 0 Å². The van der Waals surface area contributed by atoms with E-state index in [1.54, 1.807) is 0 Å². The van der Waals surface area contributed by atoms with Crippen LogP contribution in [0, 0.1) is 23.7 Å². The average Bonchev–Trinajstić information content (AvgIpc) is 2.30. The molecule has 2 aliphatic heterocycles. The van der Waals surface area contributed by atoms with Crippen molar-refractivity contribution in [1.29, 1.82) is 0 Å². The quantitative estimate of drug-likeness (QED) is 0.432. The Bertz CT molecular complexity index is 172. The predicted octanol–water partition coefficient (Wildman–Crippen LogP) is 5.45. The van der Waals surface area contributed by atoms with Crippen LogP contribution in [0.2, 0.25) is 0 Å². The first-order valence-corrected chi connectivity index (χ1v) is 12.7. The van der Waals surface area contributed by atoms with Crippen LogP contribution >= 0.6 is 18.8 Å². The fourth-order valence-corrected chi connectivity index (χ4v) is 2.70. The zero-order chi connectivity index (χ0) is 14.7. The van der Waals surface area contributed by atoms with Crippen LogP contribution in [0.5, 0.6) is 0 Å². The first-order chi connectivity index (χ1) is 8.99. The molecule has 2 fully saturated rings. The van der Waals surface area contributed by atoms with E-state index in [0.29, 0.717) is 0 Å². The molecule has 118 valence electrons. The molecule has 5 heteroatoms. The molecule has 0 saturated carbocycles. The Kier molecular flexibility index (Phi) is 13.7. The first kappa shape index (κ1) is 20.2. The standard InChI is InChI=1S/2C7H14N.2ClH.Pt/c2*1-6-3-7(2)5-8-4-6;;;/h2*6-7H,3-5H2,1-2H3;2*1H;/q2*-1;;;+4/p-2. The zero-order valence-corrected chi connectivity index (χ0v) is 16.3. The molecule has 2 aliphatic rings. The SMILES string of the molecule is CC1C[N-]CC(C)C1.CC1C[N-]CC(C)C1.[Cl][Pt+2][Cl]. The second-order valence-electron chi connectivity index (χ2n) is 6.11. The van der Waals surface area contributed by atoms with Crippen LogP contribution in [0.4, 0.5) is 0 Å². The number of nitrogens with zero attached hydrogens (tertiary/aromatic N) is 2. The molecule has 0 spiro atoms. The van der Waals surface area contributed by atoms with Gasteiger partial charge in [-0.15, -0.1) is 26.2 Å². The van der Waals surface area contributed by atoms with Crippen LogP contribution in [-0.4, -0.2) is 26.2 Å². The topological polar surface area (TPSA) is 28.2 Å². The van der Waals surface area contributed by atoms with E-state index in [-0.39, 0.29) is 0 Å². The van der Waals surface area contributed by atoms with Gasteiger partial charge in [-0.3, -0.25) is 0 Å². The van der Waals surface area contributed by atoms with Crippen molar-refractivity contribution >= 4 is 18.8 Å². The van der Waals surface area contributed by atoms with E-state index in [4.69, 9.17) is 18.8 Å². The van der Waals surface area contributed by atoms with Crippen molar-refractivity contribution < 1.29 is 16.5 Å². The molecular weight excluding hydrogens is 462 g/mol. The van der Waals surface area contributed by atoms with Crippen molar-refractivity contribution in [2.75, 3.05) is 26.2 Å². The molecule has 0 bridgehead atoms. The third kappa shape index (κ3) is 12.6. The molecule has 19 heavy (non-hydrogen) atoms. The maximum atomic E-state index is 4.88. The Labute approximate surface area is 136 Å². The minimum absolute atomic E-state index is 0.472. The van der Waals surface area contributed by atoms with Gasteiger partial charge in [-0.05, 0) is 0 Å². The summed E-state index contributed by atoms with van der Waals surface area (Å²) in [6.07, 6.45) is 2.76. The van der Waals surface area contributed by atoms with Crippen LogP contribution in [0.15, 0.2) is 0 Å². The van der Waals surface area contributed by atoms with Crippen LogP contribution in [0.3, 0.4) is 0 Å². The van der Waals surface area contributed by atoms with Crippen molar-refractivity contribution in [3.63, 3.8) is 0 Å². The van der Waals surface area contributed by atoms with E-state index in [0.717, 1.165) is 49.9 Å². The van der Waals surface area contributed by atoms with Crippen LogP contribution in [-0.2, 0) is 16.5 Å². The van der Waals surface area contributed by atoms with Crippen LogP contribution in [0.25, 0.3) is 10.6 Å². The van der Waals surface area contributed by atoms with E-state index in [1.807, 2.05) is 0 Å². The van der Waals surface area contributed by atoms with Crippen LogP contribution < -0.4 is 0 Å².